The Bertz CT molecular complexity index is 1240. The molecule has 0 spiro atoms. The molecule has 0 radical (unpaired) electrons. The van der Waals surface area contributed by atoms with E-state index in [4.69, 9.17) is 19.5 Å². The summed E-state index contributed by atoms with van der Waals surface area (Å²) in [5, 5.41) is 13.0. The monoisotopic (exact) mass is 521 g/mol. The number of carbonyl (C=O) groups is 2. The third kappa shape index (κ3) is 6.92. The summed E-state index contributed by atoms with van der Waals surface area (Å²) < 4.78 is 17.3. The number of ether oxygens (including phenoxy) is 3. The van der Waals surface area contributed by atoms with Gasteiger partial charge in [0.2, 0.25) is 0 Å². The van der Waals surface area contributed by atoms with Gasteiger partial charge in [0.15, 0.2) is 18.1 Å². The van der Waals surface area contributed by atoms with Crippen molar-refractivity contribution in [2.75, 3.05) is 13.2 Å². The van der Waals surface area contributed by atoms with E-state index in [1.54, 1.807) is 66.7 Å². The molecule has 34 heavy (non-hydrogen) atoms. The smallest absolute Gasteiger partial charge is 0.343 e. The van der Waals surface area contributed by atoms with Crippen LogP contribution in [0.5, 0.6) is 17.2 Å². The minimum atomic E-state index is -0.514. The zero-order valence-electron chi connectivity index (χ0n) is 18.2. The number of amides is 1. The highest BCUT2D eigenvalue weighted by atomic mass is 79.9. The molecule has 8 nitrogen and oxygen atoms in total. The maximum absolute atomic E-state index is 12.4. The van der Waals surface area contributed by atoms with Crippen LogP contribution in [0.2, 0.25) is 0 Å². The lowest BCUT2D eigenvalue weighted by atomic mass is 10.2. The van der Waals surface area contributed by atoms with E-state index in [0.717, 1.165) is 4.47 Å². The van der Waals surface area contributed by atoms with E-state index in [2.05, 4.69) is 26.5 Å². The van der Waals surface area contributed by atoms with Crippen LogP contribution in [0.4, 0.5) is 0 Å². The van der Waals surface area contributed by atoms with Gasteiger partial charge in [0.05, 0.1) is 23.9 Å². The van der Waals surface area contributed by atoms with Gasteiger partial charge in [0, 0.05) is 4.47 Å². The summed E-state index contributed by atoms with van der Waals surface area (Å²) in [6.07, 6.45) is 1.42. The van der Waals surface area contributed by atoms with Crippen molar-refractivity contribution in [1.82, 2.24) is 5.43 Å². The van der Waals surface area contributed by atoms with Crippen LogP contribution in [-0.4, -0.2) is 31.3 Å². The average molecular weight is 522 g/mol. The van der Waals surface area contributed by atoms with Gasteiger partial charge in [-0.1, -0.05) is 28.1 Å². The molecule has 1 N–H and O–H groups in total. The molecule has 0 heterocycles. The molecule has 0 aromatic heterocycles. The van der Waals surface area contributed by atoms with E-state index >= 15 is 0 Å². The lowest BCUT2D eigenvalue weighted by molar-refractivity contribution is -0.123. The molecule has 0 aliphatic rings. The van der Waals surface area contributed by atoms with Crippen molar-refractivity contribution < 1.29 is 23.8 Å². The Kier molecular flexibility index (Phi) is 8.77. The molecule has 0 fully saturated rings. The van der Waals surface area contributed by atoms with E-state index in [1.807, 2.05) is 13.0 Å². The molecule has 0 bridgehead atoms. The molecule has 1 amide bonds. The summed E-state index contributed by atoms with van der Waals surface area (Å²) in [4.78, 5) is 24.4. The molecule has 0 unspecified atom stereocenters. The summed E-state index contributed by atoms with van der Waals surface area (Å²) in [5.74, 6) is -0.0619. The lowest BCUT2D eigenvalue weighted by Gasteiger charge is -2.11. The first kappa shape index (κ1) is 24.5. The van der Waals surface area contributed by atoms with Gasteiger partial charge in [0.25, 0.3) is 5.91 Å². The highest BCUT2D eigenvalue weighted by Gasteiger charge is 2.13. The second-order valence-electron chi connectivity index (χ2n) is 6.73. The van der Waals surface area contributed by atoms with Crippen molar-refractivity contribution >= 4 is 34.0 Å². The van der Waals surface area contributed by atoms with Crippen molar-refractivity contribution in [2.45, 2.75) is 6.92 Å². The predicted molar refractivity (Wildman–Crippen MR) is 129 cm³/mol. The van der Waals surface area contributed by atoms with Crippen LogP contribution in [0.3, 0.4) is 0 Å². The van der Waals surface area contributed by atoms with E-state index < -0.39 is 11.9 Å². The Morgan fingerprint density at radius 1 is 1.03 bits per heavy atom. The lowest BCUT2D eigenvalue weighted by Crippen LogP contribution is -2.24. The van der Waals surface area contributed by atoms with Gasteiger partial charge in [-0.25, -0.2) is 10.2 Å². The number of nitrogens with one attached hydrogen (secondary N) is 1. The van der Waals surface area contributed by atoms with Crippen LogP contribution in [0.25, 0.3) is 0 Å². The van der Waals surface area contributed by atoms with Crippen molar-refractivity contribution in [3.63, 3.8) is 0 Å². The maximum Gasteiger partial charge on any atom is 0.343 e. The third-order valence-electron chi connectivity index (χ3n) is 4.32. The minimum Gasteiger partial charge on any atom is -0.490 e. The number of carbonyl (C=O) groups excluding carboxylic acids is 2. The number of rotatable bonds is 9. The predicted octanol–water partition coefficient (Wildman–Crippen LogP) is 4.47. The molecule has 3 aromatic rings. The van der Waals surface area contributed by atoms with E-state index in [9.17, 15) is 9.59 Å². The number of para-hydroxylation sites is 1. The zero-order valence-corrected chi connectivity index (χ0v) is 19.7. The zero-order chi connectivity index (χ0) is 24.3. The van der Waals surface area contributed by atoms with Gasteiger partial charge >= 0.3 is 5.97 Å². The van der Waals surface area contributed by atoms with Crippen LogP contribution < -0.4 is 19.6 Å². The van der Waals surface area contributed by atoms with Gasteiger partial charge in [-0.05, 0) is 67.1 Å². The molecule has 0 saturated heterocycles. The first-order chi connectivity index (χ1) is 16.5. The molecule has 0 aliphatic heterocycles. The van der Waals surface area contributed by atoms with Gasteiger partial charge in [-0.2, -0.15) is 10.4 Å². The Morgan fingerprint density at radius 3 is 2.53 bits per heavy atom. The van der Waals surface area contributed by atoms with Gasteiger partial charge < -0.3 is 14.2 Å². The summed E-state index contributed by atoms with van der Waals surface area (Å²) in [5.41, 5.74) is 3.71. The topological polar surface area (TPSA) is 110 Å². The molecular weight excluding hydrogens is 502 g/mol. The third-order valence-corrected chi connectivity index (χ3v) is 4.85. The molecule has 0 aliphatic carbocycles. The molecule has 0 atom stereocenters. The Hall–Kier alpha value is -4.16. The van der Waals surface area contributed by atoms with Crippen molar-refractivity contribution in [3.05, 3.63) is 87.9 Å². The van der Waals surface area contributed by atoms with Crippen molar-refractivity contribution in [1.29, 1.82) is 5.26 Å². The first-order valence-electron chi connectivity index (χ1n) is 10.2. The Labute approximate surface area is 204 Å². The number of hydrazone groups is 1. The Morgan fingerprint density at radius 2 is 1.79 bits per heavy atom. The first-order valence-corrected chi connectivity index (χ1v) is 11.0. The van der Waals surface area contributed by atoms with Crippen molar-refractivity contribution in [2.24, 2.45) is 5.10 Å². The van der Waals surface area contributed by atoms with Crippen LogP contribution in [0, 0.1) is 11.3 Å². The number of nitrogens with zero attached hydrogens (tertiary/aromatic N) is 2. The summed E-state index contributed by atoms with van der Waals surface area (Å²) in [6, 6.07) is 20.3. The molecule has 172 valence electrons. The fourth-order valence-electron chi connectivity index (χ4n) is 2.74. The Balaban J connectivity index is 1.60. The van der Waals surface area contributed by atoms with Gasteiger partial charge in [-0.3, -0.25) is 4.79 Å². The largest absolute Gasteiger partial charge is 0.490 e. The van der Waals surface area contributed by atoms with Crippen molar-refractivity contribution in [3.8, 4) is 23.3 Å². The van der Waals surface area contributed by atoms with E-state index in [0.29, 0.717) is 34.8 Å². The number of hydrogen-bond donors (Lipinski definition) is 1. The normalized spacial score (nSPS) is 10.4. The highest BCUT2D eigenvalue weighted by Crippen LogP contribution is 2.29. The fraction of sp³-hybridized carbons (Fsp3) is 0.120. The SMILES string of the molecule is CCOc1cc(/C=N\NC(=O)COc2ccccc2C#N)ccc1OC(=O)c1ccc(Br)cc1. The molecular formula is C25H20BrN3O5. The van der Waals surface area contributed by atoms with Crippen LogP contribution in [-0.2, 0) is 4.79 Å². The van der Waals surface area contributed by atoms with Gasteiger partial charge in [-0.15, -0.1) is 0 Å². The standard InChI is InChI=1S/C25H20BrN3O5/c1-2-32-23-13-17(7-12-22(23)34-25(31)18-8-10-20(26)11-9-18)15-28-29-24(30)16-33-21-6-4-3-5-19(21)14-27/h3-13,15H,2,16H2,1H3,(H,29,30)/b28-15-. The number of esters is 1. The summed E-state index contributed by atoms with van der Waals surface area (Å²) in [6.45, 7) is 1.87. The molecule has 3 rings (SSSR count). The second-order valence-corrected chi connectivity index (χ2v) is 7.64. The summed E-state index contributed by atoms with van der Waals surface area (Å²) in [7, 11) is 0. The number of halogens is 1. The molecule has 9 heteroatoms. The van der Waals surface area contributed by atoms with E-state index in [-0.39, 0.29) is 12.4 Å². The van der Waals surface area contributed by atoms with Crippen LogP contribution in [0.1, 0.15) is 28.4 Å². The number of benzene rings is 3. The van der Waals surface area contributed by atoms with Gasteiger partial charge in [0.1, 0.15) is 11.8 Å². The number of nitriles is 1. The second kappa shape index (κ2) is 12.2. The average Bonchev–Trinajstić information content (AvgIpc) is 2.85. The minimum absolute atomic E-state index is 0.264. The van der Waals surface area contributed by atoms with E-state index in [1.165, 1.54) is 6.21 Å². The summed E-state index contributed by atoms with van der Waals surface area (Å²) >= 11 is 3.33. The number of hydrogen-bond acceptors (Lipinski definition) is 7. The quantitative estimate of drug-likeness (QED) is 0.192. The maximum atomic E-state index is 12.4. The highest BCUT2D eigenvalue weighted by molar-refractivity contribution is 9.10. The molecule has 3 aromatic carbocycles. The molecule has 0 saturated carbocycles. The fourth-order valence-corrected chi connectivity index (χ4v) is 3.01. The van der Waals surface area contributed by atoms with Crippen LogP contribution in [0.15, 0.2) is 76.3 Å². The van der Waals surface area contributed by atoms with Crippen LogP contribution >= 0.6 is 15.9 Å².